The van der Waals surface area contributed by atoms with Gasteiger partial charge >= 0.3 is 0 Å². The highest BCUT2D eigenvalue weighted by molar-refractivity contribution is 7.91. The summed E-state index contributed by atoms with van der Waals surface area (Å²) < 4.78 is 36.5. The molecule has 7 heteroatoms. The second-order valence-electron chi connectivity index (χ2n) is 4.83. The van der Waals surface area contributed by atoms with E-state index in [2.05, 4.69) is 4.72 Å². The van der Waals surface area contributed by atoms with Gasteiger partial charge < -0.3 is 9.47 Å². The number of alkyl halides is 1. The minimum absolute atomic E-state index is 0.142. The first-order valence-corrected chi connectivity index (χ1v) is 8.02. The van der Waals surface area contributed by atoms with Gasteiger partial charge in [-0.05, 0) is 30.5 Å². The third kappa shape index (κ3) is 2.28. The van der Waals surface area contributed by atoms with Crippen molar-refractivity contribution in [2.45, 2.75) is 24.1 Å². The van der Waals surface area contributed by atoms with E-state index >= 15 is 0 Å². The maximum atomic E-state index is 12.1. The summed E-state index contributed by atoms with van der Waals surface area (Å²) in [5, 5.41) is 0. The molecule has 0 amide bonds. The van der Waals surface area contributed by atoms with Gasteiger partial charge in [-0.15, -0.1) is 11.6 Å². The van der Waals surface area contributed by atoms with Crippen LogP contribution in [-0.4, -0.2) is 25.8 Å². The third-order valence-corrected chi connectivity index (χ3v) is 6.41. The Morgan fingerprint density at radius 3 is 2.68 bits per heavy atom. The molecule has 19 heavy (non-hydrogen) atoms. The van der Waals surface area contributed by atoms with Gasteiger partial charge in [0.1, 0.15) is 0 Å². The number of sulfonamides is 1. The Labute approximate surface area is 116 Å². The van der Waals surface area contributed by atoms with Crippen LogP contribution in [0, 0.1) is 0 Å². The van der Waals surface area contributed by atoms with E-state index in [9.17, 15) is 8.42 Å². The van der Waals surface area contributed by atoms with Crippen molar-refractivity contribution in [2.24, 2.45) is 0 Å². The molecule has 1 aromatic rings. The van der Waals surface area contributed by atoms with Gasteiger partial charge in [-0.25, -0.2) is 13.1 Å². The molecule has 3 rings (SSSR count). The van der Waals surface area contributed by atoms with E-state index in [0.717, 1.165) is 5.56 Å². The molecular weight excluding hydrogens is 290 g/mol. The number of halogens is 1. The highest BCUT2D eigenvalue weighted by Gasteiger charge is 2.53. The van der Waals surface area contributed by atoms with Crippen LogP contribution in [0.15, 0.2) is 18.2 Å². The van der Waals surface area contributed by atoms with Crippen molar-refractivity contribution >= 4 is 21.6 Å². The highest BCUT2D eigenvalue weighted by Crippen LogP contribution is 2.44. The zero-order valence-corrected chi connectivity index (χ0v) is 11.8. The van der Waals surface area contributed by atoms with E-state index in [-0.39, 0.29) is 19.2 Å². The maximum Gasteiger partial charge on any atom is 0.231 e. The van der Waals surface area contributed by atoms with Crippen LogP contribution < -0.4 is 14.2 Å². The lowest BCUT2D eigenvalue weighted by Gasteiger charge is -2.14. The van der Waals surface area contributed by atoms with Gasteiger partial charge in [0.15, 0.2) is 11.5 Å². The summed E-state index contributed by atoms with van der Waals surface area (Å²) >= 11 is 5.74. The minimum Gasteiger partial charge on any atom is -0.454 e. The zero-order valence-electron chi connectivity index (χ0n) is 10.2. The number of benzene rings is 1. The molecule has 1 N–H and O–H groups in total. The predicted octanol–water partition coefficient (Wildman–Crippen LogP) is 1.61. The Hall–Kier alpha value is -0.980. The minimum atomic E-state index is -3.37. The first kappa shape index (κ1) is 13.0. The molecule has 5 nitrogen and oxygen atoms in total. The van der Waals surface area contributed by atoms with Gasteiger partial charge in [0.2, 0.25) is 16.8 Å². The summed E-state index contributed by atoms with van der Waals surface area (Å²) in [6.07, 6.45) is 1.26. The molecule has 2 aliphatic rings. The number of fused-ring (bicyclic) bond motifs is 1. The highest BCUT2D eigenvalue weighted by atomic mass is 35.5. The molecule has 0 atom stereocenters. The summed E-state index contributed by atoms with van der Waals surface area (Å²) in [4.78, 5) is 0. The predicted molar refractivity (Wildman–Crippen MR) is 71.0 cm³/mol. The van der Waals surface area contributed by atoms with Crippen molar-refractivity contribution in [3.8, 4) is 11.5 Å². The monoisotopic (exact) mass is 303 g/mol. The van der Waals surface area contributed by atoms with Crippen molar-refractivity contribution in [2.75, 3.05) is 12.7 Å². The number of ether oxygens (including phenoxy) is 2. The fourth-order valence-electron chi connectivity index (χ4n) is 2.00. The Balaban J connectivity index is 1.70. The van der Waals surface area contributed by atoms with Gasteiger partial charge in [-0.1, -0.05) is 6.07 Å². The molecule has 1 fully saturated rings. The van der Waals surface area contributed by atoms with Crippen LogP contribution in [0.4, 0.5) is 0 Å². The van der Waals surface area contributed by atoms with E-state index in [4.69, 9.17) is 21.1 Å². The summed E-state index contributed by atoms with van der Waals surface area (Å²) in [5.41, 5.74) is 0.832. The van der Waals surface area contributed by atoms with Crippen molar-refractivity contribution in [3.05, 3.63) is 23.8 Å². The second-order valence-corrected chi connectivity index (χ2v) is 7.26. The standard InChI is InChI=1S/C12H14ClNO4S/c13-7-12(3-4-12)19(15,16)14-6-9-1-2-10-11(5-9)18-8-17-10/h1-2,5,14H,3-4,6-8H2. The van der Waals surface area contributed by atoms with E-state index in [1.165, 1.54) is 0 Å². The molecule has 104 valence electrons. The van der Waals surface area contributed by atoms with Crippen LogP contribution in [0.5, 0.6) is 11.5 Å². The Kier molecular flexibility index (Phi) is 3.11. The van der Waals surface area contributed by atoms with Gasteiger partial charge in [-0.3, -0.25) is 0 Å². The Bertz CT molecular complexity index is 598. The average Bonchev–Trinajstić information content (AvgIpc) is 3.09. The summed E-state index contributed by atoms with van der Waals surface area (Å²) in [5.74, 6) is 1.48. The quantitative estimate of drug-likeness (QED) is 0.839. The first-order valence-electron chi connectivity index (χ1n) is 6.00. The van der Waals surface area contributed by atoms with E-state index < -0.39 is 14.8 Å². The molecule has 0 spiro atoms. The van der Waals surface area contributed by atoms with Gasteiger partial charge in [0, 0.05) is 12.4 Å². The average molecular weight is 304 g/mol. The molecule has 1 aromatic carbocycles. The van der Waals surface area contributed by atoms with Gasteiger partial charge in [0.05, 0.1) is 4.75 Å². The number of hydrogen-bond acceptors (Lipinski definition) is 4. The van der Waals surface area contributed by atoms with Crippen LogP contribution in [-0.2, 0) is 16.6 Å². The third-order valence-electron chi connectivity index (χ3n) is 3.52. The first-order chi connectivity index (χ1) is 9.06. The van der Waals surface area contributed by atoms with Crippen molar-refractivity contribution in [1.29, 1.82) is 0 Å². The second kappa shape index (κ2) is 4.54. The topological polar surface area (TPSA) is 64.6 Å². The molecule has 1 aliphatic carbocycles. The molecule has 1 aliphatic heterocycles. The van der Waals surface area contributed by atoms with Crippen molar-refractivity contribution in [1.82, 2.24) is 4.72 Å². The molecule has 0 saturated heterocycles. The lowest BCUT2D eigenvalue weighted by Crippen LogP contribution is -2.36. The van der Waals surface area contributed by atoms with Gasteiger partial charge in [0.25, 0.3) is 0 Å². The lowest BCUT2D eigenvalue weighted by atomic mass is 10.2. The van der Waals surface area contributed by atoms with Crippen molar-refractivity contribution in [3.63, 3.8) is 0 Å². The maximum absolute atomic E-state index is 12.1. The fourth-order valence-corrected chi connectivity index (χ4v) is 4.14. The Morgan fingerprint density at radius 2 is 2.00 bits per heavy atom. The van der Waals surface area contributed by atoms with E-state index in [1.54, 1.807) is 12.1 Å². The molecule has 0 bridgehead atoms. The fraction of sp³-hybridized carbons (Fsp3) is 0.500. The Morgan fingerprint density at radius 1 is 1.26 bits per heavy atom. The van der Waals surface area contributed by atoms with Gasteiger partial charge in [-0.2, -0.15) is 0 Å². The molecule has 0 unspecified atom stereocenters. The smallest absolute Gasteiger partial charge is 0.231 e. The van der Waals surface area contributed by atoms with Crippen LogP contribution in [0.2, 0.25) is 0 Å². The summed E-state index contributed by atoms with van der Waals surface area (Å²) in [7, 11) is -3.37. The number of hydrogen-bond donors (Lipinski definition) is 1. The molecule has 1 saturated carbocycles. The SMILES string of the molecule is O=S(=O)(NCc1ccc2c(c1)OCO2)C1(CCl)CC1. The van der Waals surface area contributed by atoms with Crippen molar-refractivity contribution < 1.29 is 17.9 Å². The molecule has 0 aromatic heterocycles. The number of rotatable bonds is 5. The summed E-state index contributed by atoms with van der Waals surface area (Å²) in [6, 6.07) is 5.38. The van der Waals surface area contributed by atoms with Crippen LogP contribution in [0.3, 0.4) is 0 Å². The molecule has 1 heterocycles. The van der Waals surface area contributed by atoms with Crippen LogP contribution in [0.25, 0.3) is 0 Å². The van der Waals surface area contributed by atoms with Crippen LogP contribution >= 0.6 is 11.6 Å². The van der Waals surface area contributed by atoms with E-state index in [1.807, 2.05) is 6.07 Å². The normalized spacial score (nSPS) is 19.4. The van der Waals surface area contributed by atoms with E-state index in [0.29, 0.717) is 24.3 Å². The molecular formula is C12H14ClNO4S. The molecule has 0 radical (unpaired) electrons. The number of nitrogens with one attached hydrogen (secondary N) is 1. The lowest BCUT2D eigenvalue weighted by molar-refractivity contribution is 0.174. The zero-order chi connectivity index (χ0) is 13.5. The summed E-state index contributed by atoms with van der Waals surface area (Å²) in [6.45, 7) is 0.442. The van der Waals surface area contributed by atoms with Crippen LogP contribution in [0.1, 0.15) is 18.4 Å². The largest absolute Gasteiger partial charge is 0.454 e.